The van der Waals surface area contributed by atoms with Gasteiger partial charge in [0.2, 0.25) is 0 Å². The first kappa shape index (κ1) is 19.4. The van der Waals surface area contributed by atoms with Crippen LogP contribution in [0, 0.1) is 10.1 Å². The third-order valence-electron chi connectivity index (χ3n) is 3.22. The van der Waals surface area contributed by atoms with E-state index in [-0.39, 0.29) is 5.56 Å². The summed E-state index contributed by atoms with van der Waals surface area (Å²) in [6, 6.07) is 10.2. The normalized spacial score (nSPS) is 10.4. The number of anilines is 1. The van der Waals surface area contributed by atoms with E-state index in [0.717, 1.165) is 18.3 Å². The van der Waals surface area contributed by atoms with Gasteiger partial charge in [0.1, 0.15) is 5.75 Å². The summed E-state index contributed by atoms with van der Waals surface area (Å²) in [6.45, 7) is 2.18. The lowest BCUT2D eigenvalue weighted by Crippen LogP contribution is -2.32. The average molecular weight is 372 g/mol. The monoisotopic (exact) mass is 372 g/mol. The SMILES string of the molecule is CCOc1ccccc1NC(=O)C(=O)N/N=C/c1ccc(O)c([N+](=O)[O-])c1. The molecule has 0 aromatic heterocycles. The number of nitrogens with zero attached hydrogens (tertiary/aromatic N) is 2. The number of benzene rings is 2. The Balaban J connectivity index is 1.99. The number of nitrogens with one attached hydrogen (secondary N) is 2. The number of amides is 2. The molecular weight excluding hydrogens is 356 g/mol. The van der Waals surface area contributed by atoms with Crippen molar-refractivity contribution < 1.29 is 24.4 Å². The highest BCUT2D eigenvalue weighted by atomic mass is 16.6. The Kier molecular flexibility index (Phi) is 6.42. The number of rotatable bonds is 6. The molecule has 0 unspecified atom stereocenters. The number of phenols is 1. The Bertz CT molecular complexity index is 897. The van der Waals surface area contributed by atoms with E-state index in [2.05, 4.69) is 10.4 Å². The Hall–Kier alpha value is -3.95. The Morgan fingerprint density at radius 1 is 1.26 bits per heavy atom. The number of nitro benzene ring substituents is 1. The quantitative estimate of drug-likeness (QED) is 0.305. The van der Waals surface area contributed by atoms with Crippen molar-refractivity contribution in [3.63, 3.8) is 0 Å². The van der Waals surface area contributed by atoms with E-state index in [9.17, 15) is 24.8 Å². The maximum atomic E-state index is 11.9. The van der Waals surface area contributed by atoms with Gasteiger partial charge in [0.05, 0.1) is 23.4 Å². The van der Waals surface area contributed by atoms with Crippen molar-refractivity contribution in [2.75, 3.05) is 11.9 Å². The minimum Gasteiger partial charge on any atom is -0.502 e. The maximum absolute atomic E-state index is 11.9. The summed E-state index contributed by atoms with van der Waals surface area (Å²) >= 11 is 0. The van der Waals surface area contributed by atoms with E-state index in [1.54, 1.807) is 31.2 Å². The summed E-state index contributed by atoms with van der Waals surface area (Å²) in [6.07, 6.45) is 1.10. The average Bonchev–Trinajstić information content (AvgIpc) is 2.64. The second-order valence-electron chi connectivity index (χ2n) is 5.09. The predicted octanol–water partition coefficient (Wildman–Crippen LogP) is 1.79. The molecule has 27 heavy (non-hydrogen) atoms. The van der Waals surface area contributed by atoms with E-state index in [1.165, 1.54) is 6.07 Å². The van der Waals surface area contributed by atoms with Crippen LogP contribution in [-0.4, -0.2) is 34.7 Å². The standard InChI is InChI=1S/C17H16N4O6/c1-2-27-15-6-4-3-5-12(15)19-16(23)17(24)20-18-10-11-7-8-14(22)13(9-11)21(25)26/h3-10,22H,2H2,1H3,(H,19,23)(H,20,24)/b18-10+. The molecule has 0 aliphatic rings. The van der Waals surface area contributed by atoms with Crippen LogP contribution < -0.4 is 15.5 Å². The van der Waals surface area contributed by atoms with Gasteiger partial charge in [0, 0.05) is 11.6 Å². The minimum absolute atomic E-state index is 0.252. The molecule has 2 rings (SSSR count). The van der Waals surface area contributed by atoms with Gasteiger partial charge in [-0.15, -0.1) is 0 Å². The number of carbonyl (C=O) groups excluding carboxylic acids is 2. The van der Waals surface area contributed by atoms with Gasteiger partial charge in [-0.25, -0.2) is 5.43 Å². The number of hydrogen-bond acceptors (Lipinski definition) is 7. The predicted molar refractivity (Wildman–Crippen MR) is 96.7 cm³/mol. The Labute approximate surface area is 153 Å². The van der Waals surface area contributed by atoms with Gasteiger partial charge < -0.3 is 15.2 Å². The fourth-order valence-electron chi connectivity index (χ4n) is 2.01. The number of para-hydroxylation sites is 2. The largest absolute Gasteiger partial charge is 0.502 e. The van der Waals surface area contributed by atoms with E-state index in [0.29, 0.717) is 18.0 Å². The summed E-state index contributed by atoms with van der Waals surface area (Å²) < 4.78 is 5.35. The highest BCUT2D eigenvalue weighted by Gasteiger charge is 2.16. The summed E-state index contributed by atoms with van der Waals surface area (Å²) in [5, 5.41) is 26.1. The molecule has 0 radical (unpaired) electrons. The fourth-order valence-corrected chi connectivity index (χ4v) is 2.01. The van der Waals surface area contributed by atoms with Gasteiger partial charge in [0.15, 0.2) is 5.75 Å². The second-order valence-corrected chi connectivity index (χ2v) is 5.09. The smallest absolute Gasteiger partial charge is 0.329 e. The maximum Gasteiger partial charge on any atom is 0.329 e. The molecule has 140 valence electrons. The third-order valence-corrected chi connectivity index (χ3v) is 3.22. The van der Waals surface area contributed by atoms with Crippen molar-refractivity contribution in [3.8, 4) is 11.5 Å². The summed E-state index contributed by atoms with van der Waals surface area (Å²) in [4.78, 5) is 33.7. The minimum atomic E-state index is -1.04. The van der Waals surface area contributed by atoms with Crippen LogP contribution >= 0.6 is 0 Å². The van der Waals surface area contributed by atoms with E-state index >= 15 is 0 Å². The van der Waals surface area contributed by atoms with Crippen molar-refractivity contribution in [3.05, 3.63) is 58.1 Å². The molecule has 2 aromatic carbocycles. The number of aromatic hydroxyl groups is 1. The number of carbonyl (C=O) groups is 2. The Morgan fingerprint density at radius 3 is 2.70 bits per heavy atom. The van der Waals surface area contributed by atoms with Crippen LogP contribution in [0.3, 0.4) is 0 Å². The summed E-state index contributed by atoms with van der Waals surface area (Å²) in [7, 11) is 0. The topological polar surface area (TPSA) is 143 Å². The molecule has 2 amide bonds. The van der Waals surface area contributed by atoms with Gasteiger partial charge in [-0.05, 0) is 31.2 Å². The number of hydrogen-bond donors (Lipinski definition) is 3. The van der Waals surface area contributed by atoms with Crippen molar-refractivity contribution >= 4 is 29.4 Å². The molecule has 0 aliphatic carbocycles. The molecule has 0 saturated heterocycles. The summed E-state index contributed by atoms with van der Waals surface area (Å²) in [5.74, 6) is -2.07. The van der Waals surface area contributed by atoms with Crippen molar-refractivity contribution in [2.45, 2.75) is 6.92 Å². The van der Waals surface area contributed by atoms with Crippen LogP contribution in [0.4, 0.5) is 11.4 Å². The molecule has 0 atom stereocenters. The van der Waals surface area contributed by atoms with Gasteiger partial charge in [-0.1, -0.05) is 12.1 Å². The zero-order chi connectivity index (χ0) is 19.8. The van der Waals surface area contributed by atoms with Gasteiger partial charge >= 0.3 is 17.5 Å². The van der Waals surface area contributed by atoms with E-state index in [4.69, 9.17) is 4.74 Å². The Morgan fingerprint density at radius 2 is 2.00 bits per heavy atom. The number of phenolic OH excluding ortho intramolecular Hbond substituents is 1. The van der Waals surface area contributed by atoms with Gasteiger partial charge in [0.25, 0.3) is 0 Å². The first-order valence-corrected chi connectivity index (χ1v) is 7.76. The molecule has 2 aromatic rings. The lowest BCUT2D eigenvalue weighted by molar-refractivity contribution is -0.385. The third kappa shape index (κ3) is 5.26. The second kappa shape index (κ2) is 8.94. The van der Waals surface area contributed by atoms with Crippen LogP contribution in [0.2, 0.25) is 0 Å². The van der Waals surface area contributed by atoms with Crippen LogP contribution in [0.5, 0.6) is 11.5 Å². The summed E-state index contributed by atoms with van der Waals surface area (Å²) in [5.41, 5.74) is 2.09. The van der Waals surface area contributed by atoms with Crippen molar-refractivity contribution in [1.29, 1.82) is 0 Å². The number of nitro groups is 1. The number of hydrazone groups is 1. The highest BCUT2D eigenvalue weighted by Crippen LogP contribution is 2.25. The lowest BCUT2D eigenvalue weighted by atomic mass is 10.2. The van der Waals surface area contributed by atoms with E-state index < -0.39 is 28.2 Å². The lowest BCUT2D eigenvalue weighted by Gasteiger charge is -2.10. The molecule has 0 fully saturated rings. The zero-order valence-corrected chi connectivity index (χ0v) is 14.2. The zero-order valence-electron chi connectivity index (χ0n) is 14.2. The molecule has 10 heteroatoms. The highest BCUT2D eigenvalue weighted by molar-refractivity contribution is 6.39. The van der Waals surface area contributed by atoms with E-state index in [1.807, 2.05) is 5.43 Å². The van der Waals surface area contributed by atoms with Gasteiger partial charge in [-0.3, -0.25) is 19.7 Å². The molecule has 0 aliphatic heterocycles. The van der Waals surface area contributed by atoms with Crippen molar-refractivity contribution in [2.24, 2.45) is 5.10 Å². The molecule has 0 heterocycles. The van der Waals surface area contributed by atoms with Gasteiger partial charge in [-0.2, -0.15) is 5.10 Å². The fraction of sp³-hybridized carbons (Fsp3) is 0.118. The molecule has 0 bridgehead atoms. The first-order chi connectivity index (χ1) is 12.9. The van der Waals surface area contributed by atoms with Crippen LogP contribution in [-0.2, 0) is 9.59 Å². The van der Waals surface area contributed by atoms with Crippen molar-refractivity contribution in [1.82, 2.24) is 5.43 Å². The van der Waals surface area contributed by atoms with Crippen LogP contribution in [0.1, 0.15) is 12.5 Å². The first-order valence-electron chi connectivity index (χ1n) is 7.76. The molecule has 0 saturated carbocycles. The van der Waals surface area contributed by atoms with Crippen LogP contribution in [0.25, 0.3) is 0 Å². The molecular formula is C17H16N4O6. The van der Waals surface area contributed by atoms with Crippen LogP contribution in [0.15, 0.2) is 47.6 Å². The number of ether oxygens (including phenoxy) is 1. The molecule has 0 spiro atoms. The molecule has 3 N–H and O–H groups in total. The molecule has 10 nitrogen and oxygen atoms in total.